The molecule has 0 unspecified atom stereocenters. The zero-order valence-electron chi connectivity index (χ0n) is 12.8. The molecule has 116 valence electrons. The van der Waals surface area contributed by atoms with Crippen molar-refractivity contribution >= 4 is 16.8 Å². The first-order valence-corrected chi connectivity index (χ1v) is 7.88. The van der Waals surface area contributed by atoms with Crippen LogP contribution in [0.3, 0.4) is 0 Å². The van der Waals surface area contributed by atoms with Crippen LogP contribution in [-0.2, 0) is 4.79 Å². The van der Waals surface area contributed by atoms with Crippen LogP contribution >= 0.6 is 0 Å². The lowest BCUT2D eigenvalue weighted by Gasteiger charge is -2.22. The van der Waals surface area contributed by atoms with E-state index in [2.05, 4.69) is 15.3 Å². The first kappa shape index (κ1) is 14.8. The molecule has 5 nitrogen and oxygen atoms in total. The Morgan fingerprint density at radius 2 is 2.00 bits per heavy atom. The number of ether oxygens (including phenoxy) is 1. The highest BCUT2D eigenvalue weighted by atomic mass is 16.5. The van der Waals surface area contributed by atoms with Crippen molar-refractivity contribution in [3.05, 3.63) is 30.1 Å². The Morgan fingerprint density at radius 3 is 2.82 bits per heavy atom. The maximum Gasteiger partial charge on any atom is 0.258 e. The lowest BCUT2D eigenvalue weighted by Crippen LogP contribution is -2.39. The van der Waals surface area contributed by atoms with Crippen LogP contribution < -0.4 is 10.1 Å². The molecule has 1 fully saturated rings. The number of hydrogen-bond acceptors (Lipinski definition) is 4. The third-order valence-corrected chi connectivity index (χ3v) is 3.99. The summed E-state index contributed by atoms with van der Waals surface area (Å²) in [4.78, 5) is 20.7. The van der Waals surface area contributed by atoms with Gasteiger partial charge in [0.05, 0.1) is 10.9 Å². The summed E-state index contributed by atoms with van der Waals surface area (Å²) in [5, 5.41) is 3.88. The summed E-state index contributed by atoms with van der Waals surface area (Å²) in [5.74, 6) is 1.04. The Morgan fingerprint density at radius 1 is 1.23 bits per heavy atom. The minimum Gasteiger partial charge on any atom is -0.467 e. The summed E-state index contributed by atoms with van der Waals surface area (Å²) in [7, 11) is 0. The smallest absolute Gasteiger partial charge is 0.258 e. The van der Waals surface area contributed by atoms with E-state index in [4.69, 9.17) is 4.74 Å². The molecule has 1 amide bonds. The Labute approximate surface area is 130 Å². The number of carbonyl (C=O) groups is 1. The highest BCUT2D eigenvalue weighted by molar-refractivity contribution is 5.84. The molecule has 0 spiro atoms. The molecule has 22 heavy (non-hydrogen) atoms. The molecule has 1 aromatic heterocycles. The molecule has 3 rings (SSSR count). The van der Waals surface area contributed by atoms with Crippen LogP contribution in [0.25, 0.3) is 10.9 Å². The largest absolute Gasteiger partial charge is 0.467 e. The molecule has 5 heteroatoms. The maximum absolute atomic E-state index is 12.0. The van der Waals surface area contributed by atoms with E-state index in [0.717, 1.165) is 23.7 Å². The number of nitrogens with zero attached hydrogens (tertiary/aromatic N) is 2. The molecule has 0 saturated heterocycles. The van der Waals surface area contributed by atoms with Crippen molar-refractivity contribution in [2.24, 2.45) is 0 Å². The van der Waals surface area contributed by atoms with E-state index < -0.39 is 0 Å². The van der Waals surface area contributed by atoms with Crippen LogP contribution in [0, 0.1) is 6.92 Å². The number of aryl methyl sites for hydroxylation is 1. The molecule has 0 bridgehead atoms. The fourth-order valence-electron chi connectivity index (χ4n) is 2.92. The average molecular weight is 299 g/mol. The Balaban J connectivity index is 1.64. The number of carbonyl (C=O) groups excluding carboxylic acids is 1. The van der Waals surface area contributed by atoms with Crippen LogP contribution in [-0.4, -0.2) is 28.5 Å². The number of para-hydroxylation sites is 1. The van der Waals surface area contributed by atoms with Crippen molar-refractivity contribution in [2.75, 3.05) is 6.61 Å². The van der Waals surface area contributed by atoms with Crippen LogP contribution in [0.2, 0.25) is 0 Å². The molecular weight excluding hydrogens is 278 g/mol. The number of benzene rings is 1. The Bertz CT molecular complexity index is 666. The Kier molecular flexibility index (Phi) is 4.51. The zero-order chi connectivity index (χ0) is 15.4. The van der Waals surface area contributed by atoms with Crippen LogP contribution in [0.5, 0.6) is 5.88 Å². The Hall–Kier alpha value is -2.17. The molecule has 1 aliphatic rings. The maximum atomic E-state index is 12.0. The van der Waals surface area contributed by atoms with E-state index in [1.807, 2.05) is 31.2 Å². The minimum atomic E-state index is -0.0766. The standard InChI is InChI=1S/C17H21N3O2/c1-12-18-15-10-6-5-9-14(15)17(19-12)22-11-16(21)20-13-7-3-2-4-8-13/h5-6,9-10,13H,2-4,7-8,11H2,1H3,(H,20,21). The minimum absolute atomic E-state index is 0.00303. The molecule has 0 atom stereocenters. The van der Waals surface area contributed by atoms with Gasteiger partial charge in [0.15, 0.2) is 6.61 Å². The van der Waals surface area contributed by atoms with Gasteiger partial charge in [-0.1, -0.05) is 31.4 Å². The quantitative estimate of drug-likeness (QED) is 0.943. The van der Waals surface area contributed by atoms with Crippen LogP contribution in [0.1, 0.15) is 37.9 Å². The van der Waals surface area contributed by atoms with Crippen LogP contribution in [0.4, 0.5) is 0 Å². The van der Waals surface area contributed by atoms with Crippen molar-refractivity contribution in [3.63, 3.8) is 0 Å². The second kappa shape index (κ2) is 6.73. The van der Waals surface area contributed by atoms with E-state index in [1.54, 1.807) is 0 Å². The number of fused-ring (bicyclic) bond motifs is 1. The highest BCUT2D eigenvalue weighted by Gasteiger charge is 2.16. The molecule has 1 N–H and O–H groups in total. The van der Waals surface area contributed by atoms with Gasteiger partial charge in [0.25, 0.3) is 5.91 Å². The number of hydrogen-bond donors (Lipinski definition) is 1. The van der Waals surface area contributed by atoms with E-state index in [9.17, 15) is 4.79 Å². The number of rotatable bonds is 4. The van der Waals surface area contributed by atoms with Gasteiger partial charge in [0.2, 0.25) is 5.88 Å². The van der Waals surface area contributed by atoms with E-state index in [1.165, 1.54) is 19.3 Å². The normalized spacial score (nSPS) is 15.7. The fourth-order valence-corrected chi connectivity index (χ4v) is 2.92. The van der Waals surface area contributed by atoms with Gasteiger partial charge in [-0.2, -0.15) is 4.98 Å². The molecule has 0 aliphatic heterocycles. The molecule has 1 aromatic carbocycles. The van der Waals surface area contributed by atoms with Gasteiger partial charge in [-0.05, 0) is 31.9 Å². The fraction of sp³-hybridized carbons (Fsp3) is 0.471. The topological polar surface area (TPSA) is 64.1 Å². The number of amides is 1. The zero-order valence-corrected chi connectivity index (χ0v) is 12.8. The summed E-state index contributed by atoms with van der Waals surface area (Å²) >= 11 is 0. The first-order valence-electron chi connectivity index (χ1n) is 7.88. The summed E-state index contributed by atoms with van der Waals surface area (Å²) in [6.45, 7) is 1.82. The lowest BCUT2D eigenvalue weighted by atomic mass is 9.95. The van der Waals surface area contributed by atoms with Crippen molar-refractivity contribution < 1.29 is 9.53 Å². The predicted molar refractivity (Wildman–Crippen MR) is 84.8 cm³/mol. The van der Waals surface area contributed by atoms with Crippen molar-refractivity contribution in [1.82, 2.24) is 15.3 Å². The third-order valence-electron chi connectivity index (χ3n) is 3.99. The summed E-state index contributed by atoms with van der Waals surface area (Å²) in [5.41, 5.74) is 0.831. The van der Waals surface area contributed by atoms with E-state index >= 15 is 0 Å². The van der Waals surface area contributed by atoms with Gasteiger partial charge >= 0.3 is 0 Å². The third kappa shape index (κ3) is 3.53. The molecule has 1 aliphatic carbocycles. The second-order valence-electron chi connectivity index (χ2n) is 5.78. The average Bonchev–Trinajstić information content (AvgIpc) is 2.53. The van der Waals surface area contributed by atoms with Crippen molar-refractivity contribution in [3.8, 4) is 5.88 Å². The van der Waals surface area contributed by atoms with Gasteiger partial charge in [0.1, 0.15) is 5.82 Å². The predicted octanol–water partition coefficient (Wildman–Crippen LogP) is 2.77. The number of aromatic nitrogens is 2. The molecule has 0 radical (unpaired) electrons. The number of nitrogens with one attached hydrogen (secondary N) is 1. The van der Waals surface area contributed by atoms with E-state index in [0.29, 0.717) is 17.7 Å². The second-order valence-corrected chi connectivity index (χ2v) is 5.78. The molecule has 1 saturated carbocycles. The van der Waals surface area contributed by atoms with Crippen molar-refractivity contribution in [1.29, 1.82) is 0 Å². The summed E-state index contributed by atoms with van der Waals surface area (Å²) < 4.78 is 5.64. The molecule has 2 aromatic rings. The first-order chi connectivity index (χ1) is 10.7. The van der Waals surface area contributed by atoms with Gasteiger partial charge < -0.3 is 10.1 Å². The monoisotopic (exact) mass is 299 g/mol. The van der Waals surface area contributed by atoms with Crippen LogP contribution in [0.15, 0.2) is 24.3 Å². The molecule has 1 heterocycles. The highest BCUT2D eigenvalue weighted by Crippen LogP contribution is 2.22. The van der Waals surface area contributed by atoms with Crippen molar-refractivity contribution in [2.45, 2.75) is 45.1 Å². The van der Waals surface area contributed by atoms with E-state index in [-0.39, 0.29) is 12.5 Å². The summed E-state index contributed by atoms with van der Waals surface area (Å²) in [6, 6.07) is 7.96. The lowest BCUT2D eigenvalue weighted by molar-refractivity contribution is -0.124. The summed E-state index contributed by atoms with van der Waals surface area (Å²) in [6.07, 6.45) is 5.81. The SMILES string of the molecule is Cc1nc(OCC(=O)NC2CCCCC2)c2ccccc2n1. The molecular formula is C17H21N3O2. The van der Waals surface area contributed by atoms with Gasteiger partial charge in [-0.3, -0.25) is 4.79 Å². The van der Waals surface area contributed by atoms with Gasteiger partial charge in [-0.25, -0.2) is 4.98 Å². The van der Waals surface area contributed by atoms with Gasteiger partial charge in [-0.15, -0.1) is 0 Å². The van der Waals surface area contributed by atoms with Gasteiger partial charge in [0, 0.05) is 6.04 Å².